The molecule has 0 spiro atoms. The highest BCUT2D eigenvalue weighted by Gasteiger charge is 2.24. The van der Waals surface area contributed by atoms with E-state index in [1.165, 1.54) is 0 Å². The van der Waals surface area contributed by atoms with Crippen molar-refractivity contribution in [2.75, 3.05) is 13.7 Å². The van der Waals surface area contributed by atoms with Crippen LogP contribution in [0.3, 0.4) is 0 Å². The number of nitrogens with zero attached hydrogens (tertiary/aromatic N) is 2. The van der Waals surface area contributed by atoms with Gasteiger partial charge in [-0.2, -0.15) is 0 Å². The van der Waals surface area contributed by atoms with E-state index in [0.717, 1.165) is 11.3 Å². The van der Waals surface area contributed by atoms with Gasteiger partial charge in [0.05, 0.1) is 18.8 Å². The quantitative estimate of drug-likeness (QED) is 0.847. The Balaban J connectivity index is 2.25. The van der Waals surface area contributed by atoms with Crippen molar-refractivity contribution >= 4 is 5.91 Å². The molecule has 0 unspecified atom stereocenters. The van der Waals surface area contributed by atoms with Crippen LogP contribution in [0.2, 0.25) is 0 Å². The van der Waals surface area contributed by atoms with Gasteiger partial charge >= 0.3 is 0 Å². The first kappa shape index (κ1) is 15.1. The van der Waals surface area contributed by atoms with E-state index in [4.69, 9.17) is 9.26 Å². The topological polar surface area (TPSA) is 55.6 Å². The van der Waals surface area contributed by atoms with E-state index >= 15 is 0 Å². The predicted molar refractivity (Wildman–Crippen MR) is 79.4 cm³/mol. The highest BCUT2D eigenvalue weighted by molar-refractivity contribution is 5.91. The van der Waals surface area contributed by atoms with Crippen LogP contribution < -0.4 is 4.74 Å². The summed E-state index contributed by atoms with van der Waals surface area (Å²) < 4.78 is 10.3. The molecular formula is C16H20N2O3. The van der Waals surface area contributed by atoms with Gasteiger partial charge in [-0.1, -0.05) is 17.3 Å². The maximum absolute atomic E-state index is 12.5. The summed E-state index contributed by atoms with van der Waals surface area (Å²) in [6.45, 7) is 6.30. The van der Waals surface area contributed by atoms with Crippen LogP contribution in [0.15, 0.2) is 34.9 Å². The van der Waals surface area contributed by atoms with E-state index in [1.807, 2.05) is 38.1 Å². The average molecular weight is 288 g/mol. The molecule has 0 saturated carbocycles. The van der Waals surface area contributed by atoms with Crippen molar-refractivity contribution in [1.29, 1.82) is 0 Å². The number of rotatable bonds is 5. The van der Waals surface area contributed by atoms with E-state index in [9.17, 15) is 4.79 Å². The fourth-order valence-corrected chi connectivity index (χ4v) is 2.28. The lowest BCUT2D eigenvalue weighted by Gasteiger charge is -2.27. The Morgan fingerprint density at radius 3 is 2.76 bits per heavy atom. The standard InChI is InChI=1S/C16H20N2O3/c1-5-18(16(19)15-9-11(2)17-21-15)12(3)13-7-6-8-14(10-13)20-4/h6-10,12H,5H2,1-4H3/t12-/m0/s1. The smallest absolute Gasteiger partial charge is 0.292 e. The molecule has 112 valence electrons. The molecule has 1 aromatic heterocycles. The summed E-state index contributed by atoms with van der Waals surface area (Å²) in [4.78, 5) is 14.3. The summed E-state index contributed by atoms with van der Waals surface area (Å²) in [5.41, 5.74) is 1.71. The molecule has 0 N–H and O–H groups in total. The molecule has 0 radical (unpaired) electrons. The van der Waals surface area contributed by atoms with Gasteiger partial charge in [-0.05, 0) is 38.5 Å². The van der Waals surface area contributed by atoms with Crippen LogP contribution in [0.5, 0.6) is 5.75 Å². The van der Waals surface area contributed by atoms with Gasteiger partial charge in [0.2, 0.25) is 5.76 Å². The summed E-state index contributed by atoms with van der Waals surface area (Å²) >= 11 is 0. The van der Waals surface area contributed by atoms with Crippen molar-refractivity contribution < 1.29 is 14.1 Å². The highest BCUT2D eigenvalue weighted by atomic mass is 16.5. The minimum Gasteiger partial charge on any atom is -0.497 e. The summed E-state index contributed by atoms with van der Waals surface area (Å²) in [7, 11) is 1.63. The zero-order valence-electron chi connectivity index (χ0n) is 12.8. The number of amides is 1. The molecule has 5 heteroatoms. The van der Waals surface area contributed by atoms with Crippen LogP contribution in [0.25, 0.3) is 0 Å². The molecule has 0 aliphatic rings. The number of methoxy groups -OCH3 is 1. The lowest BCUT2D eigenvalue weighted by Crippen LogP contribution is -2.33. The van der Waals surface area contributed by atoms with Crippen molar-refractivity contribution in [3.8, 4) is 5.75 Å². The molecule has 1 heterocycles. The van der Waals surface area contributed by atoms with E-state index in [2.05, 4.69) is 5.16 Å². The summed E-state index contributed by atoms with van der Waals surface area (Å²) in [5.74, 6) is 0.885. The number of carbonyl (C=O) groups is 1. The van der Waals surface area contributed by atoms with Gasteiger partial charge in [-0.15, -0.1) is 0 Å². The zero-order valence-corrected chi connectivity index (χ0v) is 12.8. The minimum atomic E-state index is -0.159. The van der Waals surface area contributed by atoms with E-state index in [-0.39, 0.29) is 17.7 Å². The van der Waals surface area contributed by atoms with Gasteiger partial charge in [0.15, 0.2) is 0 Å². The molecule has 0 aliphatic carbocycles. The van der Waals surface area contributed by atoms with Crippen LogP contribution in [-0.4, -0.2) is 29.6 Å². The normalized spacial score (nSPS) is 12.0. The van der Waals surface area contributed by atoms with Gasteiger partial charge in [0.25, 0.3) is 5.91 Å². The molecule has 2 rings (SSSR count). The molecule has 2 aromatic rings. The molecule has 0 aliphatic heterocycles. The highest BCUT2D eigenvalue weighted by Crippen LogP contribution is 2.25. The first-order valence-corrected chi connectivity index (χ1v) is 6.95. The van der Waals surface area contributed by atoms with E-state index in [1.54, 1.807) is 25.0 Å². The van der Waals surface area contributed by atoms with E-state index < -0.39 is 0 Å². The molecule has 5 nitrogen and oxygen atoms in total. The Morgan fingerprint density at radius 2 is 2.19 bits per heavy atom. The summed E-state index contributed by atoms with van der Waals surface area (Å²) in [6.07, 6.45) is 0. The zero-order chi connectivity index (χ0) is 15.4. The Hall–Kier alpha value is -2.30. The second kappa shape index (κ2) is 6.43. The van der Waals surface area contributed by atoms with Gasteiger partial charge < -0.3 is 14.2 Å². The number of ether oxygens (including phenoxy) is 1. The maximum atomic E-state index is 12.5. The average Bonchev–Trinajstić information content (AvgIpc) is 2.94. The van der Waals surface area contributed by atoms with Gasteiger partial charge in [0, 0.05) is 12.6 Å². The third kappa shape index (κ3) is 3.24. The Labute approximate surface area is 124 Å². The van der Waals surface area contributed by atoms with Crippen molar-refractivity contribution in [2.45, 2.75) is 26.8 Å². The van der Waals surface area contributed by atoms with Gasteiger partial charge in [-0.3, -0.25) is 4.79 Å². The summed E-state index contributed by atoms with van der Waals surface area (Å²) in [6, 6.07) is 9.29. The maximum Gasteiger partial charge on any atom is 0.292 e. The number of hydrogen-bond acceptors (Lipinski definition) is 4. The first-order valence-electron chi connectivity index (χ1n) is 6.95. The lowest BCUT2D eigenvalue weighted by molar-refractivity contribution is 0.0659. The molecule has 1 amide bonds. The Morgan fingerprint density at radius 1 is 1.43 bits per heavy atom. The number of aryl methyl sites for hydroxylation is 1. The second-order valence-electron chi connectivity index (χ2n) is 4.88. The molecule has 1 aromatic carbocycles. The van der Waals surface area contributed by atoms with Gasteiger partial charge in [-0.25, -0.2) is 0 Å². The first-order chi connectivity index (χ1) is 10.1. The predicted octanol–water partition coefficient (Wildman–Crippen LogP) is 3.21. The Kier molecular flexibility index (Phi) is 4.62. The molecule has 1 atom stereocenters. The van der Waals surface area contributed by atoms with Crippen LogP contribution in [0.1, 0.15) is 41.7 Å². The van der Waals surface area contributed by atoms with Crippen molar-refractivity contribution in [2.24, 2.45) is 0 Å². The van der Waals surface area contributed by atoms with Crippen molar-refractivity contribution in [3.05, 3.63) is 47.3 Å². The van der Waals surface area contributed by atoms with Crippen LogP contribution in [0.4, 0.5) is 0 Å². The third-order valence-corrected chi connectivity index (χ3v) is 3.48. The number of carbonyl (C=O) groups excluding carboxylic acids is 1. The van der Waals surface area contributed by atoms with Crippen LogP contribution >= 0.6 is 0 Å². The molecule has 21 heavy (non-hydrogen) atoms. The van der Waals surface area contributed by atoms with Crippen LogP contribution in [-0.2, 0) is 0 Å². The van der Waals surface area contributed by atoms with E-state index in [0.29, 0.717) is 12.2 Å². The van der Waals surface area contributed by atoms with Gasteiger partial charge in [0.1, 0.15) is 5.75 Å². The number of hydrogen-bond donors (Lipinski definition) is 0. The molecule has 0 saturated heterocycles. The Bertz CT molecular complexity index is 621. The largest absolute Gasteiger partial charge is 0.497 e. The fourth-order valence-electron chi connectivity index (χ4n) is 2.28. The molecule has 0 bridgehead atoms. The molecular weight excluding hydrogens is 268 g/mol. The minimum absolute atomic E-state index is 0.0805. The SMILES string of the molecule is CCN(C(=O)c1cc(C)no1)[C@@H](C)c1cccc(OC)c1. The summed E-state index contributed by atoms with van der Waals surface area (Å²) in [5, 5.41) is 3.77. The van der Waals surface area contributed by atoms with Crippen molar-refractivity contribution in [3.63, 3.8) is 0 Å². The van der Waals surface area contributed by atoms with Crippen molar-refractivity contribution in [1.82, 2.24) is 10.1 Å². The van der Waals surface area contributed by atoms with Crippen LogP contribution in [0, 0.1) is 6.92 Å². The fraction of sp³-hybridized carbons (Fsp3) is 0.375. The monoisotopic (exact) mass is 288 g/mol. The molecule has 0 fully saturated rings. The number of aromatic nitrogens is 1. The number of benzene rings is 1. The lowest BCUT2D eigenvalue weighted by atomic mass is 10.1. The second-order valence-corrected chi connectivity index (χ2v) is 4.88. The third-order valence-electron chi connectivity index (χ3n) is 3.48.